The topological polar surface area (TPSA) is 25.8 Å². The number of alkyl halides is 1. The van der Waals surface area contributed by atoms with E-state index in [1.165, 1.54) is 12.8 Å². The maximum atomic E-state index is 5.57. The van der Waals surface area contributed by atoms with E-state index in [1.54, 1.807) is 0 Å². The minimum absolute atomic E-state index is 0.456. The first-order valence-electron chi connectivity index (χ1n) is 3.78. The van der Waals surface area contributed by atoms with Crippen LogP contribution in [0.15, 0.2) is 12.1 Å². The normalized spacial score (nSPS) is 16.8. The lowest BCUT2D eigenvalue weighted by atomic mass is 10.2. The summed E-state index contributed by atoms with van der Waals surface area (Å²) in [6.45, 7) is 0. The van der Waals surface area contributed by atoms with Crippen LogP contribution in [-0.4, -0.2) is 10.2 Å². The number of hydrogen-bond acceptors (Lipinski definition) is 2. The highest BCUT2D eigenvalue weighted by atomic mass is 35.5. The van der Waals surface area contributed by atoms with E-state index in [0.29, 0.717) is 11.8 Å². The highest BCUT2D eigenvalue weighted by Crippen LogP contribution is 2.38. The van der Waals surface area contributed by atoms with Crippen LogP contribution >= 0.6 is 11.6 Å². The molecule has 1 aliphatic carbocycles. The molecule has 0 radical (unpaired) electrons. The molecule has 2 rings (SSSR count). The molecule has 1 aliphatic rings. The van der Waals surface area contributed by atoms with Gasteiger partial charge in [-0.25, -0.2) is 0 Å². The fourth-order valence-corrected chi connectivity index (χ4v) is 1.18. The molecule has 1 aromatic rings. The van der Waals surface area contributed by atoms with E-state index in [4.69, 9.17) is 11.6 Å². The molecule has 0 atom stereocenters. The van der Waals surface area contributed by atoms with Gasteiger partial charge >= 0.3 is 0 Å². The van der Waals surface area contributed by atoms with Gasteiger partial charge in [0, 0.05) is 5.92 Å². The predicted octanol–water partition coefficient (Wildman–Crippen LogP) is 2.09. The van der Waals surface area contributed by atoms with Gasteiger partial charge in [-0.15, -0.1) is 11.6 Å². The van der Waals surface area contributed by atoms with Crippen molar-refractivity contribution in [3.63, 3.8) is 0 Å². The van der Waals surface area contributed by atoms with E-state index in [-0.39, 0.29) is 0 Å². The van der Waals surface area contributed by atoms with E-state index < -0.39 is 0 Å². The maximum absolute atomic E-state index is 5.57. The summed E-state index contributed by atoms with van der Waals surface area (Å²) in [6.07, 6.45) is 2.55. The Bertz CT molecular complexity index is 241. The summed E-state index contributed by atoms with van der Waals surface area (Å²) < 4.78 is 0. The van der Waals surface area contributed by atoms with Gasteiger partial charge in [0.05, 0.1) is 17.3 Å². The third-order valence-corrected chi connectivity index (χ3v) is 2.15. The minimum Gasteiger partial charge on any atom is -0.155 e. The molecule has 0 unspecified atom stereocenters. The molecule has 1 heterocycles. The van der Waals surface area contributed by atoms with Crippen LogP contribution in [0.3, 0.4) is 0 Å². The highest BCUT2D eigenvalue weighted by molar-refractivity contribution is 6.16. The van der Waals surface area contributed by atoms with Crippen LogP contribution in [0.5, 0.6) is 0 Å². The second-order valence-corrected chi connectivity index (χ2v) is 3.12. The first kappa shape index (κ1) is 7.04. The number of halogens is 1. The molecule has 1 aromatic heterocycles. The van der Waals surface area contributed by atoms with Crippen molar-refractivity contribution in [1.29, 1.82) is 0 Å². The molecular formula is C8H9ClN2. The summed E-state index contributed by atoms with van der Waals surface area (Å²) in [6, 6.07) is 3.98. The number of aromatic nitrogens is 2. The predicted molar refractivity (Wildman–Crippen MR) is 43.6 cm³/mol. The summed E-state index contributed by atoms with van der Waals surface area (Å²) in [5.41, 5.74) is 1.98. The first-order chi connectivity index (χ1) is 5.40. The van der Waals surface area contributed by atoms with Crippen LogP contribution < -0.4 is 0 Å². The van der Waals surface area contributed by atoms with E-state index in [2.05, 4.69) is 10.2 Å². The van der Waals surface area contributed by atoms with Gasteiger partial charge in [-0.05, 0) is 25.0 Å². The van der Waals surface area contributed by atoms with Crippen molar-refractivity contribution in [2.75, 3.05) is 0 Å². The Kier molecular flexibility index (Phi) is 1.78. The smallest absolute Gasteiger partial charge is 0.0778 e. The Morgan fingerprint density at radius 3 is 2.64 bits per heavy atom. The minimum atomic E-state index is 0.456. The summed E-state index contributed by atoms with van der Waals surface area (Å²) >= 11 is 5.57. The van der Waals surface area contributed by atoms with Gasteiger partial charge in [0.2, 0.25) is 0 Å². The number of nitrogens with zero attached hydrogens (tertiary/aromatic N) is 2. The van der Waals surface area contributed by atoms with Crippen molar-refractivity contribution >= 4 is 11.6 Å². The molecule has 0 amide bonds. The Labute approximate surface area is 70.6 Å². The Morgan fingerprint density at radius 1 is 1.36 bits per heavy atom. The molecule has 1 fully saturated rings. The van der Waals surface area contributed by atoms with E-state index in [1.807, 2.05) is 12.1 Å². The lowest BCUT2D eigenvalue weighted by Gasteiger charge is -1.95. The lowest BCUT2D eigenvalue weighted by Crippen LogP contribution is -1.93. The SMILES string of the molecule is ClCc1ccc(C2CC2)nn1. The molecule has 0 aromatic carbocycles. The monoisotopic (exact) mass is 168 g/mol. The summed E-state index contributed by atoms with van der Waals surface area (Å²) in [7, 11) is 0. The third-order valence-electron chi connectivity index (χ3n) is 1.87. The molecule has 0 spiro atoms. The van der Waals surface area contributed by atoms with Crippen molar-refractivity contribution in [2.24, 2.45) is 0 Å². The van der Waals surface area contributed by atoms with Gasteiger partial charge in [-0.1, -0.05) is 0 Å². The van der Waals surface area contributed by atoms with Gasteiger partial charge in [0.25, 0.3) is 0 Å². The number of hydrogen-bond donors (Lipinski definition) is 0. The van der Waals surface area contributed by atoms with Crippen LogP contribution in [0.4, 0.5) is 0 Å². The van der Waals surface area contributed by atoms with Gasteiger partial charge in [-0.2, -0.15) is 10.2 Å². The molecule has 0 N–H and O–H groups in total. The Balaban J connectivity index is 2.19. The van der Waals surface area contributed by atoms with Crippen molar-refractivity contribution in [3.05, 3.63) is 23.5 Å². The summed E-state index contributed by atoms with van der Waals surface area (Å²) in [4.78, 5) is 0. The summed E-state index contributed by atoms with van der Waals surface area (Å²) in [5.74, 6) is 1.14. The van der Waals surface area contributed by atoms with Gasteiger partial charge in [0.15, 0.2) is 0 Å². The van der Waals surface area contributed by atoms with Crippen molar-refractivity contribution in [3.8, 4) is 0 Å². The molecule has 2 nitrogen and oxygen atoms in total. The highest BCUT2D eigenvalue weighted by Gasteiger charge is 2.24. The fourth-order valence-electron chi connectivity index (χ4n) is 1.04. The van der Waals surface area contributed by atoms with Crippen LogP contribution in [0.25, 0.3) is 0 Å². The summed E-state index contributed by atoms with van der Waals surface area (Å²) in [5, 5.41) is 8.05. The van der Waals surface area contributed by atoms with Crippen LogP contribution in [-0.2, 0) is 5.88 Å². The van der Waals surface area contributed by atoms with E-state index in [0.717, 1.165) is 11.4 Å². The van der Waals surface area contributed by atoms with E-state index >= 15 is 0 Å². The Hall–Kier alpha value is -0.630. The molecule has 0 aliphatic heterocycles. The number of rotatable bonds is 2. The van der Waals surface area contributed by atoms with Gasteiger partial charge in [-0.3, -0.25) is 0 Å². The average molecular weight is 169 g/mol. The van der Waals surface area contributed by atoms with E-state index in [9.17, 15) is 0 Å². The average Bonchev–Trinajstić information content (AvgIpc) is 2.87. The van der Waals surface area contributed by atoms with Crippen molar-refractivity contribution in [2.45, 2.75) is 24.6 Å². The second kappa shape index (κ2) is 2.78. The molecule has 0 bridgehead atoms. The fraction of sp³-hybridized carbons (Fsp3) is 0.500. The Morgan fingerprint density at radius 2 is 2.18 bits per heavy atom. The molecule has 11 heavy (non-hydrogen) atoms. The standard InChI is InChI=1S/C8H9ClN2/c9-5-7-3-4-8(11-10-7)6-1-2-6/h3-4,6H,1-2,5H2. The molecule has 0 saturated heterocycles. The largest absolute Gasteiger partial charge is 0.155 e. The quantitative estimate of drug-likeness (QED) is 0.632. The second-order valence-electron chi connectivity index (χ2n) is 2.86. The maximum Gasteiger partial charge on any atom is 0.0778 e. The molecule has 1 saturated carbocycles. The van der Waals surface area contributed by atoms with Gasteiger partial charge in [0.1, 0.15) is 0 Å². The third kappa shape index (κ3) is 1.51. The van der Waals surface area contributed by atoms with Crippen LogP contribution in [0.2, 0.25) is 0 Å². The molecular weight excluding hydrogens is 160 g/mol. The molecule has 3 heteroatoms. The molecule has 58 valence electrons. The van der Waals surface area contributed by atoms with Crippen molar-refractivity contribution < 1.29 is 0 Å². The van der Waals surface area contributed by atoms with Crippen LogP contribution in [0.1, 0.15) is 30.1 Å². The zero-order valence-corrected chi connectivity index (χ0v) is 6.88. The van der Waals surface area contributed by atoms with Crippen LogP contribution in [0, 0.1) is 0 Å². The zero-order chi connectivity index (χ0) is 7.68. The first-order valence-corrected chi connectivity index (χ1v) is 4.32. The van der Waals surface area contributed by atoms with Crippen molar-refractivity contribution in [1.82, 2.24) is 10.2 Å². The lowest BCUT2D eigenvalue weighted by molar-refractivity contribution is 0.880. The van der Waals surface area contributed by atoms with Gasteiger partial charge < -0.3 is 0 Å². The zero-order valence-electron chi connectivity index (χ0n) is 6.13.